The van der Waals surface area contributed by atoms with Gasteiger partial charge in [0, 0.05) is 5.92 Å². The van der Waals surface area contributed by atoms with Gasteiger partial charge >= 0.3 is 0 Å². The van der Waals surface area contributed by atoms with Crippen LogP contribution in [0.5, 0.6) is 0 Å². The minimum atomic E-state index is 1.19. The summed E-state index contributed by atoms with van der Waals surface area (Å²) in [5, 5.41) is 0. The van der Waals surface area contributed by atoms with Crippen molar-refractivity contribution in [2.24, 2.45) is 0 Å². The molecule has 1 aromatic rings. The molecule has 0 heterocycles. The highest BCUT2D eigenvalue weighted by Crippen LogP contribution is 2.24. The molecule has 0 saturated carbocycles. The van der Waals surface area contributed by atoms with Gasteiger partial charge in [0.05, 0.1) is 0 Å². The fourth-order valence-corrected chi connectivity index (χ4v) is 1.96. The lowest BCUT2D eigenvalue weighted by Crippen LogP contribution is -1.98. The molecule has 0 aromatic heterocycles. The molecule has 0 aliphatic carbocycles. The predicted molar refractivity (Wildman–Crippen MR) is 67.8 cm³/mol. The molecule has 0 nitrogen and oxygen atoms in total. The van der Waals surface area contributed by atoms with Crippen molar-refractivity contribution in [3.8, 4) is 0 Å². The lowest BCUT2D eigenvalue weighted by molar-refractivity contribution is 0.633. The molecule has 83 valence electrons. The van der Waals surface area contributed by atoms with Gasteiger partial charge in [-0.1, -0.05) is 69.9 Å². The van der Waals surface area contributed by atoms with E-state index in [-0.39, 0.29) is 0 Å². The van der Waals surface area contributed by atoms with Crippen molar-refractivity contribution < 1.29 is 0 Å². The van der Waals surface area contributed by atoms with Crippen molar-refractivity contribution in [2.45, 2.75) is 52.4 Å². The van der Waals surface area contributed by atoms with E-state index < -0.39 is 0 Å². The molecule has 0 amide bonds. The number of hydrogen-bond donors (Lipinski definition) is 0. The van der Waals surface area contributed by atoms with E-state index >= 15 is 0 Å². The van der Waals surface area contributed by atoms with Crippen LogP contribution in [-0.4, -0.2) is 0 Å². The lowest BCUT2D eigenvalue weighted by atomic mass is 9.91. The number of rotatable bonds is 7. The van der Waals surface area contributed by atoms with E-state index in [9.17, 15) is 0 Å². The molecule has 0 aliphatic heterocycles. The van der Waals surface area contributed by atoms with Crippen molar-refractivity contribution in [2.75, 3.05) is 0 Å². The third-order valence-electron chi connectivity index (χ3n) is 2.94. The number of unbranched alkanes of at least 4 members (excludes halogenated alkanes) is 3. The van der Waals surface area contributed by atoms with Crippen LogP contribution in [-0.2, 0) is 0 Å². The van der Waals surface area contributed by atoms with Crippen LogP contribution >= 0.6 is 0 Å². The van der Waals surface area contributed by atoms with Crippen LogP contribution in [0.2, 0.25) is 0 Å². The monoisotopic (exact) mass is 203 g/mol. The summed E-state index contributed by atoms with van der Waals surface area (Å²) in [6.07, 6.45) is 7.91. The molecule has 0 fully saturated rings. The second-order valence-electron chi connectivity index (χ2n) is 4.13. The summed E-state index contributed by atoms with van der Waals surface area (Å²) >= 11 is 0. The van der Waals surface area contributed by atoms with Crippen LogP contribution in [0, 0.1) is 5.92 Å². The third-order valence-corrected chi connectivity index (χ3v) is 2.94. The van der Waals surface area contributed by atoms with Crippen LogP contribution in [0.15, 0.2) is 30.3 Å². The molecule has 0 spiro atoms. The average Bonchev–Trinajstić information content (AvgIpc) is 2.30. The summed E-state index contributed by atoms with van der Waals surface area (Å²) in [6.45, 7) is 4.53. The van der Waals surface area contributed by atoms with E-state index in [2.05, 4.69) is 44.2 Å². The summed E-state index contributed by atoms with van der Waals surface area (Å²) in [6, 6.07) is 10.8. The zero-order valence-corrected chi connectivity index (χ0v) is 10.1. The second kappa shape index (κ2) is 7.50. The highest BCUT2D eigenvalue weighted by molar-refractivity contribution is 5.29. The molecule has 0 unspecified atom stereocenters. The Bertz CT molecular complexity index is 237. The first-order valence-corrected chi connectivity index (χ1v) is 6.28. The predicted octanol–water partition coefficient (Wildman–Crippen LogP) is 4.99. The van der Waals surface area contributed by atoms with Gasteiger partial charge in [0.25, 0.3) is 0 Å². The Hall–Kier alpha value is -0.780. The SMILES string of the molecule is CCCCCC[C](CC)c1ccccc1. The van der Waals surface area contributed by atoms with Gasteiger partial charge in [0.1, 0.15) is 0 Å². The van der Waals surface area contributed by atoms with Gasteiger partial charge in [-0.2, -0.15) is 0 Å². The van der Waals surface area contributed by atoms with Crippen molar-refractivity contribution in [1.29, 1.82) is 0 Å². The first-order valence-electron chi connectivity index (χ1n) is 6.28. The number of hydrogen-bond acceptors (Lipinski definition) is 0. The lowest BCUT2D eigenvalue weighted by Gasteiger charge is -2.14. The standard InChI is InChI=1S/C15H23/c1-3-5-6-8-11-14(4-2)15-12-9-7-10-13-15/h7,9-10,12-13H,3-6,8,11H2,1-2H3. The Morgan fingerprint density at radius 3 is 2.27 bits per heavy atom. The molecule has 0 atom stereocenters. The molecular formula is C15H23. The van der Waals surface area contributed by atoms with Gasteiger partial charge in [0.2, 0.25) is 0 Å². The summed E-state index contributed by atoms with van der Waals surface area (Å²) in [5.41, 5.74) is 1.44. The first kappa shape index (κ1) is 12.3. The smallest absolute Gasteiger partial charge is 0.00471 e. The van der Waals surface area contributed by atoms with Gasteiger partial charge in [-0.15, -0.1) is 0 Å². The highest BCUT2D eigenvalue weighted by atomic mass is 14.1. The molecule has 1 radical (unpaired) electrons. The average molecular weight is 203 g/mol. The second-order valence-corrected chi connectivity index (χ2v) is 4.13. The molecular weight excluding hydrogens is 180 g/mol. The minimum absolute atomic E-state index is 1.19. The third kappa shape index (κ3) is 4.51. The van der Waals surface area contributed by atoms with E-state index in [1.54, 1.807) is 5.92 Å². The molecule has 0 heteroatoms. The van der Waals surface area contributed by atoms with Crippen LogP contribution in [0.4, 0.5) is 0 Å². The summed E-state index contributed by atoms with van der Waals surface area (Å²) < 4.78 is 0. The zero-order chi connectivity index (χ0) is 10.9. The van der Waals surface area contributed by atoms with E-state index in [1.807, 2.05) is 0 Å². The molecule has 0 bridgehead atoms. The molecule has 0 saturated heterocycles. The molecule has 1 aromatic carbocycles. The van der Waals surface area contributed by atoms with Crippen LogP contribution in [0.1, 0.15) is 57.9 Å². The molecule has 0 aliphatic rings. The maximum Gasteiger partial charge on any atom is 0.00471 e. The Morgan fingerprint density at radius 2 is 1.67 bits per heavy atom. The van der Waals surface area contributed by atoms with E-state index in [4.69, 9.17) is 0 Å². The van der Waals surface area contributed by atoms with Crippen LogP contribution in [0.3, 0.4) is 0 Å². The van der Waals surface area contributed by atoms with Gasteiger partial charge in [0.15, 0.2) is 0 Å². The van der Waals surface area contributed by atoms with Gasteiger partial charge < -0.3 is 0 Å². The maximum absolute atomic E-state index is 2.27. The fourth-order valence-electron chi connectivity index (χ4n) is 1.96. The Morgan fingerprint density at radius 1 is 0.933 bits per heavy atom. The van der Waals surface area contributed by atoms with Crippen LogP contribution in [0.25, 0.3) is 0 Å². The largest absolute Gasteiger partial charge is 0.0654 e. The maximum atomic E-state index is 2.27. The van der Waals surface area contributed by atoms with E-state index in [0.29, 0.717) is 0 Å². The highest BCUT2D eigenvalue weighted by Gasteiger charge is 2.08. The Kier molecular flexibility index (Phi) is 6.15. The van der Waals surface area contributed by atoms with Crippen LogP contribution < -0.4 is 0 Å². The molecule has 1 rings (SSSR count). The van der Waals surface area contributed by atoms with Gasteiger partial charge in [-0.25, -0.2) is 0 Å². The van der Waals surface area contributed by atoms with Gasteiger partial charge in [-0.05, 0) is 18.4 Å². The topological polar surface area (TPSA) is 0 Å². The summed E-state index contributed by atoms with van der Waals surface area (Å²) in [4.78, 5) is 0. The minimum Gasteiger partial charge on any atom is -0.0654 e. The Labute approximate surface area is 94.7 Å². The molecule has 0 N–H and O–H groups in total. The number of benzene rings is 1. The summed E-state index contributed by atoms with van der Waals surface area (Å²) in [5.74, 6) is 1.62. The molecule has 15 heavy (non-hydrogen) atoms. The van der Waals surface area contributed by atoms with Crippen molar-refractivity contribution in [1.82, 2.24) is 0 Å². The van der Waals surface area contributed by atoms with E-state index in [0.717, 1.165) is 0 Å². The van der Waals surface area contributed by atoms with E-state index in [1.165, 1.54) is 44.1 Å². The first-order chi connectivity index (χ1) is 7.38. The van der Waals surface area contributed by atoms with Crippen molar-refractivity contribution in [3.05, 3.63) is 41.8 Å². The normalized spacial score (nSPS) is 10.9. The van der Waals surface area contributed by atoms with Crippen molar-refractivity contribution >= 4 is 0 Å². The fraction of sp³-hybridized carbons (Fsp3) is 0.533. The zero-order valence-electron chi connectivity index (χ0n) is 10.1. The quantitative estimate of drug-likeness (QED) is 0.548. The van der Waals surface area contributed by atoms with Crippen molar-refractivity contribution in [3.63, 3.8) is 0 Å². The van der Waals surface area contributed by atoms with Gasteiger partial charge in [-0.3, -0.25) is 0 Å². The Balaban J connectivity index is 2.36. The summed E-state index contributed by atoms with van der Waals surface area (Å²) in [7, 11) is 0.